The minimum atomic E-state index is -3.97. The highest BCUT2D eigenvalue weighted by molar-refractivity contribution is 7.90. The molecular formula is C42H54ClN5O5S. The third kappa shape index (κ3) is 8.44. The van der Waals surface area contributed by atoms with Crippen molar-refractivity contribution < 1.29 is 22.7 Å². The van der Waals surface area contributed by atoms with E-state index in [4.69, 9.17) is 21.1 Å². The fourth-order valence-electron chi connectivity index (χ4n) is 8.69. The third-order valence-electron chi connectivity index (χ3n) is 12.4. The van der Waals surface area contributed by atoms with Gasteiger partial charge < -0.3 is 19.3 Å². The zero-order valence-corrected chi connectivity index (χ0v) is 33.3. The number of hydrogen-bond acceptors (Lipinski definition) is 9. The molecule has 3 aliphatic heterocycles. The molecule has 1 saturated heterocycles. The molecule has 290 valence electrons. The first-order valence-corrected chi connectivity index (χ1v) is 21.4. The molecule has 4 heterocycles. The van der Waals surface area contributed by atoms with Crippen molar-refractivity contribution in [1.29, 1.82) is 0 Å². The van der Waals surface area contributed by atoms with Crippen molar-refractivity contribution >= 4 is 38.9 Å². The van der Waals surface area contributed by atoms with Crippen LogP contribution in [0.1, 0.15) is 67.4 Å². The molecular weight excluding hydrogens is 722 g/mol. The van der Waals surface area contributed by atoms with Crippen molar-refractivity contribution in [3.05, 3.63) is 94.8 Å². The molecule has 2 bridgehead atoms. The first-order valence-electron chi connectivity index (χ1n) is 19.5. The number of piperazine rings is 1. The van der Waals surface area contributed by atoms with E-state index in [0.717, 1.165) is 94.9 Å². The second-order valence-electron chi connectivity index (χ2n) is 15.7. The van der Waals surface area contributed by atoms with Gasteiger partial charge in [-0.25, -0.2) is 13.1 Å². The number of rotatable bonds is 4. The molecule has 1 saturated carbocycles. The van der Waals surface area contributed by atoms with E-state index in [2.05, 4.69) is 42.6 Å². The summed E-state index contributed by atoms with van der Waals surface area (Å²) < 4.78 is 42.8. The number of ether oxygens (including phenoxy) is 2. The Hall–Kier alpha value is -3.64. The average Bonchev–Trinajstić information content (AvgIpc) is 3.19. The van der Waals surface area contributed by atoms with Crippen LogP contribution in [-0.2, 0) is 27.8 Å². The largest absolute Gasteiger partial charge is 0.487 e. The van der Waals surface area contributed by atoms with Crippen LogP contribution in [0.25, 0.3) is 0 Å². The molecule has 1 aromatic heterocycles. The van der Waals surface area contributed by atoms with Gasteiger partial charge in [0.25, 0.3) is 5.91 Å². The number of aryl methyl sites for hydroxylation is 1. The van der Waals surface area contributed by atoms with Crippen molar-refractivity contribution in [2.45, 2.75) is 69.8 Å². The van der Waals surface area contributed by atoms with Gasteiger partial charge in [-0.05, 0) is 117 Å². The van der Waals surface area contributed by atoms with Crippen molar-refractivity contribution in [1.82, 2.24) is 14.6 Å². The highest BCUT2D eigenvalue weighted by atomic mass is 35.5. The summed E-state index contributed by atoms with van der Waals surface area (Å²) in [5.41, 5.74) is 3.96. The van der Waals surface area contributed by atoms with Gasteiger partial charge in [-0.1, -0.05) is 36.7 Å². The second-order valence-corrected chi connectivity index (χ2v) is 18.1. The van der Waals surface area contributed by atoms with Crippen molar-refractivity contribution in [3.63, 3.8) is 0 Å². The maximum absolute atomic E-state index is 13.6. The minimum absolute atomic E-state index is 0.233. The Balaban J connectivity index is 1.22. The second kappa shape index (κ2) is 16.6. The first kappa shape index (κ1) is 38.6. The number of sulfonamides is 1. The van der Waals surface area contributed by atoms with Gasteiger partial charge in [0.05, 0.1) is 22.8 Å². The Morgan fingerprint density at radius 3 is 2.57 bits per heavy atom. The van der Waals surface area contributed by atoms with Crippen molar-refractivity contribution in [2.24, 2.45) is 17.8 Å². The lowest BCUT2D eigenvalue weighted by Crippen LogP contribution is -2.58. The number of amides is 1. The van der Waals surface area contributed by atoms with Gasteiger partial charge in [-0.2, -0.15) is 0 Å². The predicted octanol–water partition coefficient (Wildman–Crippen LogP) is 6.73. The number of carbonyl (C=O) groups excluding carboxylic acids is 1. The zero-order valence-electron chi connectivity index (χ0n) is 31.8. The zero-order chi connectivity index (χ0) is 37.9. The van der Waals surface area contributed by atoms with Gasteiger partial charge in [0.2, 0.25) is 10.0 Å². The van der Waals surface area contributed by atoms with E-state index < -0.39 is 26.8 Å². The highest BCUT2D eigenvalue weighted by Gasteiger charge is 2.48. The molecule has 12 heteroatoms. The summed E-state index contributed by atoms with van der Waals surface area (Å²) in [5, 5.41) is -0.0762. The van der Waals surface area contributed by atoms with Gasteiger partial charge in [0, 0.05) is 69.7 Å². The summed E-state index contributed by atoms with van der Waals surface area (Å²) in [4.78, 5) is 25.2. The molecule has 5 atom stereocenters. The van der Waals surface area contributed by atoms with E-state index >= 15 is 0 Å². The number of allylic oxidation sites excluding steroid dienone is 1. The van der Waals surface area contributed by atoms with Crippen LogP contribution in [0.15, 0.2) is 73.1 Å². The van der Waals surface area contributed by atoms with E-state index in [1.807, 2.05) is 62.8 Å². The lowest BCUT2D eigenvalue weighted by atomic mass is 9.63. The number of nitrogens with one attached hydrogen (secondary N) is 1. The number of pyridine rings is 1. The fraction of sp³-hybridized carbons (Fsp3) is 0.524. The molecule has 54 heavy (non-hydrogen) atoms. The van der Waals surface area contributed by atoms with Crippen LogP contribution in [0.4, 0.5) is 11.4 Å². The van der Waals surface area contributed by atoms with E-state index in [-0.39, 0.29) is 11.8 Å². The minimum Gasteiger partial charge on any atom is -0.487 e. The van der Waals surface area contributed by atoms with E-state index in [9.17, 15) is 13.2 Å². The maximum atomic E-state index is 13.6. The van der Waals surface area contributed by atoms with Crippen LogP contribution in [0.3, 0.4) is 0 Å². The molecule has 0 unspecified atom stereocenters. The smallest absolute Gasteiger partial charge is 0.264 e. The molecule has 4 aliphatic rings. The average molecular weight is 776 g/mol. The number of fused-ring (bicyclic) bond motifs is 3. The fourth-order valence-corrected chi connectivity index (χ4v) is 10.2. The van der Waals surface area contributed by atoms with Crippen LogP contribution in [0.2, 0.25) is 5.02 Å². The van der Waals surface area contributed by atoms with Crippen LogP contribution < -0.4 is 19.3 Å². The molecule has 1 aliphatic carbocycles. The number of halogens is 1. The van der Waals surface area contributed by atoms with Gasteiger partial charge in [0.15, 0.2) is 0 Å². The Kier molecular flexibility index (Phi) is 11.9. The van der Waals surface area contributed by atoms with E-state index in [1.165, 1.54) is 5.56 Å². The molecule has 7 rings (SSSR count). The highest BCUT2D eigenvalue weighted by Crippen LogP contribution is 2.47. The standard InChI is InChI=1S/C42H54ClN5O5S/c1-30-8-6-17-42(52-3,29-46-20-22-47(23-21-46)37-10-7-18-44-26-37)38-15-12-34(38)27-48-19-5-4-9-32-24-36(43)14-11-35(32)28-53-40-16-13-33(25-39(40)48)41(49)45-54(50,51)31(30)2/h6-7,10-11,13-14,16-18,24-26,30-31,34,38H,4-5,8-9,12,15,19-23,27-29H2,1-3H3,(H,45,49)/b17-6+/t30-,31+,34-,38+,42+/m0/s1. The van der Waals surface area contributed by atoms with Crippen molar-refractivity contribution in [3.8, 4) is 5.75 Å². The molecule has 1 N–H and O–H groups in total. The number of methoxy groups -OCH3 is 1. The summed E-state index contributed by atoms with van der Waals surface area (Å²) in [6, 6.07) is 15.4. The van der Waals surface area contributed by atoms with E-state index in [1.54, 1.807) is 13.0 Å². The summed E-state index contributed by atoms with van der Waals surface area (Å²) >= 11 is 6.41. The lowest BCUT2D eigenvalue weighted by Gasteiger charge is -2.52. The normalized spacial score (nSPS) is 28.6. The molecule has 10 nitrogen and oxygen atoms in total. The molecule has 3 aromatic rings. The Morgan fingerprint density at radius 2 is 1.83 bits per heavy atom. The first-order chi connectivity index (χ1) is 26.0. The quantitative estimate of drug-likeness (QED) is 0.289. The molecule has 2 aromatic carbocycles. The number of benzene rings is 2. The maximum Gasteiger partial charge on any atom is 0.264 e. The van der Waals surface area contributed by atoms with Crippen LogP contribution in [0, 0.1) is 17.8 Å². The molecule has 1 amide bonds. The van der Waals surface area contributed by atoms with Crippen LogP contribution >= 0.6 is 11.6 Å². The monoisotopic (exact) mass is 775 g/mol. The Morgan fingerprint density at radius 1 is 1.00 bits per heavy atom. The van der Waals surface area contributed by atoms with Gasteiger partial charge in [-0.3, -0.25) is 14.7 Å². The third-order valence-corrected chi connectivity index (χ3v) is 14.6. The Labute approximate surface area is 325 Å². The van der Waals surface area contributed by atoms with Gasteiger partial charge in [-0.15, -0.1) is 0 Å². The van der Waals surface area contributed by atoms with Crippen LogP contribution in [-0.4, -0.2) is 88.0 Å². The number of aromatic nitrogens is 1. The van der Waals surface area contributed by atoms with Crippen molar-refractivity contribution in [2.75, 3.05) is 62.7 Å². The summed E-state index contributed by atoms with van der Waals surface area (Å²) in [7, 11) is -2.13. The lowest BCUT2D eigenvalue weighted by molar-refractivity contribution is -0.0919. The molecule has 0 spiro atoms. The number of carbonyl (C=O) groups is 1. The summed E-state index contributed by atoms with van der Waals surface area (Å²) in [5.74, 6) is 0.392. The number of anilines is 2. The van der Waals surface area contributed by atoms with Gasteiger partial charge >= 0.3 is 0 Å². The molecule has 2 fully saturated rings. The summed E-state index contributed by atoms with van der Waals surface area (Å²) in [6.07, 6.45) is 13.5. The number of nitrogens with zero attached hydrogens (tertiary/aromatic N) is 4. The number of hydrogen-bond donors (Lipinski definition) is 1. The van der Waals surface area contributed by atoms with E-state index in [0.29, 0.717) is 35.3 Å². The topological polar surface area (TPSA) is 104 Å². The van der Waals surface area contributed by atoms with Crippen LogP contribution in [0.5, 0.6) is 5.75 Å². The summed E-state index contributed by atoms with van der Waals surface area (Å²) in [6.45, 7) is 9.89. The predicted molar refractivity (Wildman–Crippen MR) is 215 cm³/mol. The Bertz CT molecular complexity index is 1920. The molecule has 0 radical (unpaired) electrons. The van der Waals surface area contributed by atoms with Gasteiger partial charge in [0.1, 0.15) is 18.0 Å². The SMILES string of the molecule is CO[C@@]1(CN2CCN(c3cccnc3)CC2)/C=C/C[C@H](C)[C@@H](C)S(=O)(=O)NC(=O)c2ccc3c(c2)N(CCCCc2cc(Cl)ccc2CO3)C[C@@H]2CC[C@H]21.